The first-order chi connectivity index (χ1) is 13.0. The first-order valence-corrected chi connectivity index (χ1v) is 8.66. The van der Waals surface area contributed by atoms with Gasteiger partial charge in [-0.2, -0.15) is 5.10 Å². The molecule has 1 amide bonds. The summed E-state index contributed by atoms with van der Waals surface area (Å²) in [6.45, 7) is 2.15. The molecule has 3 heterocycles. The predicted octanol–water partition coefficient (Wildman–Crippen LogP) is 1.43. The third-order valence-corrected chi connectivity index (χ3v) is 4.76. The van der Waals surface area contributed by atoms with E-state index in [0.29, 0.717) is 31.7 Å². The predicted molar refractivity (Wildman–Crippen MR) is 99.3 cm³/mol. The number of anilines is 1. The molecule has 1 fully saturated rings. The lowest BCUT2D eigenvalue weighted by atomic mass is 10.1. The highest BCUT2D eigenvalue weighted by Gasteiger charge is 2.26. The molecule has 1 aromatic carbocycles. The zero-order valence-electron chi connectivity index (χ0n) is 14.8. The highest BCUT2D eigenvalue weighted by atomic mass is 19.1. The topological polar surface area (TPSA) is 71.3 Å². The van der Waals surface area contributed by atoms with E-state index >= 15 is 0 Å². The molecule has 0 unspecified atom stereocenters. The van der Waals surface area contributed by atoms with Crippen molar-refractivity contribution in [3.8, 4) is 0 Å². The van der Waals surface area contributed by atoms with Crippen LogP contribution in [-0.4, -0.2) is 51.8 Å². The Kier molecular flexibility index (Phi) is 4.31. The van der Waals surface area contributed by atoms with E-state index in [1.807, 2.05) is 18.2 Å². The van der Waals surface area contributed by atoms with Crippen LogP contribution in [0.2, 0.25) is 0 Å². The van der Waals surface area contributed by atoms with Crippen LogP contribution in [0.5, 0.6) is 0 Å². The number of benzene rings is 1. The van der Waals surface area contributed by atoms with Gasteiger partial charge in [-0.25, -0.2) is 9.37 Å². The second-order valence-electron chi connectivity index (χ2n) is 6.43. The van der Waals surface area contributed by atoms with Crippen molar-refractivity contribution < 1.29 is 9.18 Å². The van der Waals surface area contributed by atoms with Crippen LogP contribution < -0.4 is 10.3 Å². The Morgan fingerprint density at radius 2 is 1.89 bits per heavy atom. The molecule has 0 radical (unpaired) electrons. The molecule has 1 aliphatic heterocycles. The van der Waals surface area contributed by atoms with Gasteiger partial charge >= 0.3 is 0 Å². The number of halogens is 1. The van der Waals surface area contributed by atoms with Gasteiger partial charge in [0.1, 0.15) is 11.6 Å². The maximum absolute atomic E-state index is 13.6. The van der Waals surface area contributed by atoms with E-state index < -0.39 is 17.2 Å². The first kappa shape index (κ1) is 17.1. The molecule has 0 aliphatic carbocycles. The summed E-state index contributed by atoms with van der Waals surface area (Å²) >= 11 is 0. The summed E-state index contributed by atoms with van der Waals surface area (Å²) in [6.07, 6.45) is 1.73. The maximum Gasteiger partial charge on any atom is 0.278 e. The highest BCUT2D eigenvalue weighted by Crippen LogP contribution is 2.15. The number of hydrogen-bond acceptors (Lipinski definition) is 5. The normalized spacial score (nSPS) is 14.6. The van der Waals surface area contributed by atoms with E-state index in [1.54, 1.807) is 18.1 Å². The molecule has 0 spiro atoms. The summed E-state index contributed by atoms with van der Waals surface area (Å²) in [4.78, 5) is 33.6. The van der Waals surface area contributed by atoms with Crippen LogP contribution in [0.4, 0.5) is 10.2 Å². The minimum atomic E-state index is -0.542. The van der Waals surface area contributed by atoms with Crippen LogP contribution in [0, 0.1) is 5.82 Å². The van der Waals surface area contributed by atoms with Crippen LogP contribution >= 0.6 is 0 Å². The molecule has 27 heavy (non-hydrogen) atoms. The van der Waals surface area contributed by atoms with Crippen LogP contribution in [-0.2, 0) is 7.05 Å². The van der Waals surface area contributed by atoms with Crippen molar-refractivity contribution in [2.45, 2.75) is 0 Å². The molecule has 0 bridgehead atoms. The zero-order chi connectivity index (χ0) is 19.0. The van der Waals surface area contributed by atoms with Crippen molar-refractivity contribution in [1.82, 2.24) is 19.7 Å². The van der Waals surface area contributed by atoms with Crippen molar-refractivity contribution >= 4 is 22.6 Å². The molecule has 8 heteroatoms. The fourth-order valence-electron chi connectivity index (χ4n) is 3.32. The lowest BCUT2D eigenvalue weighted by Crippen LogP contribution is -2.50. The summed E-state index contributed by atoms with van der Waals surface area (Å²) in [7, 11) is 1.63. The van der Waals surface area contributed by atoms with Crippen molar-refractivity contribution in [2.24, 2.45) is 7.05 Å². The van der Waals surface area contributed by atoms with Crippen LogP contribution in [0.15, 0.2) is 47.4 Å². The monoisotopic (exact) mass is 367 g/mol. The third kappa shape index (κ3) is 3.14. The second-order valence-corrected chi connectivity index (χ2v) is 6.43. The fraction of sp³-hybridized carbons (Fsp3) is 0.263. The quantitative estimate of drug-likeness (QED) is 0.685. The molecule has 4 rings (SSSR count). The minimum Gasteiger partial charge on any atom is -0.353 e. The molecular weight excluding hydrogens is 349 g/mol. The van der Waals surface area contributed by atoms with E-state index in [1.165, 1.54) is 16.8 Å². The van der Waals surface area contributed by atoms with Gasteiger partial charge in [0.05, 0.1) is 10.9 Å². The summed E-state index contributed by atoms with van der Waals surface area (Å²) < 4.78 is 15.0. The SMILES string of the molecule is Cn1nc(C(=O)N2CCN(c3ccccn3)CC2)c(=O)c2cc(F)ccc21. The van der Waals surface area contributed by atoms with E-state index in [9.17, 15) is 14.0 Å². The molecule has 7 nitrogen and oxygen atoms in total. The van der Waals surface area contributed by atoms with E-state index in [0.717, 1.165) is 11.9 Å². The Morgan fingerprint density at radius 1 is 1.11 bits per heavy atom. The number of carbonyl (C=O) groups excluding carboxylic acids is 1. The second kappa shape index (κ2) is 6.79. The molecule has 3 aromatic rings. The van der Waals surface area contributed by atoms with Gasteiger partial charge in [-0.15, -0.1) is 0 Å². The third-order valence-electron chi connectivity index (χ3n) is 4.76. The van der Waals surface area contributed by atoms with Gasteiger partial charge in [-0.3, -0.25) is 14.3 Å². The van der Waals surface area contributed by atoms with Gasteiger partial charge in [-0.1, -0.05) is 6.07 Å². The number of carbonyl (C=O) groups is 1. The van der Waals surface area contributed by atoms with Gasteiger partial charge in [0.15, 0.2) is 5.69 Å². The molecule has 1 saturated heterocycles. The van der Waals surface area contributed by atoms with E-state index in [4.69, 9.17) is 0 Å². The number of amides is 1. The largest absolute Gasteiger partial charge is 0.353 e. The van der Waals surface area contributed by atoms with Gasteiger partial charge in [0.25, 0.3) is 5.91 Å². The summed E-state index contributed by atoms with van der Waals surface area (Å²) in [5.41, 5.74) is -0.237. The Labute approximate surface area is 154 Å². The molecular formula is C19H18FN5O2. The Bertz CT molecular complexity index is 1060. The standard InChI is InChI=1S/C19H18FN5O2/c1-23-15-6-5-13(20)12-14(15)18(26)17(22-23)19(27)25-10-8-24(9-11-25)16-4-2-3-7-21-16/h2-7,12H,8-11H2,1H3. The van der Waals surface area contributed by atoms with Crippen LogP contribution in [0.1, 0.15) is 10.5 Å². The van der Waals surface area contributed by atoms with E-state index in [2.05, 4.69) is 15.0 Å². The van der Waals surface area contributed by atoms with Crippen molar-refractivity contribution in [3.63, 3.8) is 0 Å². The Morgan fingerprint density at radius 3 is 2.59 bits per heavy atom. The molecule has 1 aliphatic rings. The molecule has 0 saturated carbocycles. The number of pyridine rings is 1. The zero-order valence-corrected chi connectivity index (χ0v) is 14.8. The number of aromatic nitrogens is 3. The first-order valence-electron chi connectivity index (χ1n) is 8.66. The Balaban J connectivity index is 1.59. The maximum atomic E-state index is 13.6. The van der Waals surface area contributed by atoms with Crippen molar-refractivity contribution in [1.29, 1.82) is 0 Å². The van der Waals surface area contributed by atoms with Gasteiger partial charge in [-0.05, 0) is 30.3 Å². The van der Waals surface area contributed by atoms with Crippen molar-refractivity contribution in [3.05, 3.63) is 64.3 Å². The lowest BCUT2D eigenvalue weighted by Gasteiger charge is -2.35. The Hall–Kier alpha value is -3.29. The number of aryl methyl sites for hydroxylation is 1. The molecule has 0 atom stereocenters. The average molecular weight is 367 g/mol. The highest BCUT2D eigenvalue weighted by molar-refractivity contribution is 5.95. The van der Waals surface area contributed by atoms with Gasteiger partial charge < -0.3 is 9.80 Å². The molecule has 0 N–H and O–H groups in total. The van der Waals surface area contributed by atoms with Gasteiger partial charge in [0, 0.05) is 39.4 Å². The molecule has 138 valence electrons. The smallest absolute Gasteiger partial charge is 0.278 e. The van der Waals surface area contributed by atoms with Crippen LogP contribution in [0.3, 0.4) is 0 Å². The van der Waals surface area contributed by atoms with E-state index in [-0.39, 0.29) is 11.1 Å². The lowest BCUT2D eigenvalue weighted by molar-refractivity contribution is 0.0737. The fourth-order valence-corrected chi connectivity index (χ4v) is 3.32. The number of rotatable bonds is 2. The molecule has 2 aromatic heterocycles. The number of hydrogen-bond donors (Lipinski definition) is 0. The number of fused-ring (bicyclic) bond motifs is 1. The number of piperazine rings is 1. The average Bonchev–Trinajstić information content (AvgIpc) is 2.71. The minimum absolute atomic E-state index is 0.156. The number of nitrogens with zero attached hydrogens (tertiary/aromatic N) is 5. The van der Waals surface area contributed by atoms with Gasteiger partial charge in [0.2, 0.25) is 5.43 Å². The summed E-state index contributed by atoms with van der Waals surface area (Å²) in [5.74, 6) is -0.0876. The van der Waals surface area contributed by atoms with Crippen LogP contribution in [0.25, 0.3) is 10.9 Å². The van der Waals surface area contributed by atoms with Crippen molar-refractivity contribution in [2.75, 3.05) is 31.1 Å². The summed E-state index contributed by atoms with van der Waals surface area (Å²) in [6, 6.07) is 9.59. The summed E-state index contributed by atoms with van der Waals surface area (Å²) in [5, 5.41) is 4.30.